The van der Waals surface area contributed by atoms with Gasteiger partial charge in [0.2, 0.25) is 21.8 Å². The number of anilines is 1. The lowest BCUT2D eigenvalue weighted by Crippen LogP contribution is -2.48. The highest BCUT2D eigenvalue weighted by Gasteiger charge is 2.35. The van der Waals surface area contributed by atoms with E-state index in [-0.39, 0.29) is 12.3 Å². The maximum absolute atomic E-state index is 13.2. The molecule has 8 nitrogen and oxygen atoms in total. The summed E-state index contributed by atoms with van der Waals surface area (Å²) >= 11 is 0. The van der Waals surface area contributed by atoms with Crippen LogP contribution in [0.25, 0.3) is 0 Å². The van der Waals surface area contributed by atoms with Gasteiger partial charge in [0.1, 0.15) is 5.92 Å². The number of carbonyl (C=O) groups is 3. The van der Waals surface area contributed by atoms with Crippen LogP contribution in [0, 0.1) is 5.92 Å². The lowest BCUT2D eigenvalue weighted by molar-refractivity contribution is -0.141. The van der Waals surface area contributed by atoms with Crippen molar-refractivity contribution in [2.24, 2.45) is 5.92 Å². The Morgan fingerprint density at radius 3 is 2.11 bits per heavy atom. The molecule has 2 aromatic carbocycles. The summed E-state index contributed by atoms with van der Waals surface area (Å²) in [6.07, 6.45) is 3.71. The molecule has 0 heterocycles. The normalized spacial score (nSPS) is 15.1. The molecule has 0 bridgehead atoms. The zero-order valence-corrected chi connectivity index (χ0v) is 21.7. The zero-order valence-electron chi connectivity index (χ0n) is 20.9. The van der Waals surface area contributed by atoms with Gasteiger partial charge in [0.15, 0.2) is 0 Å². The van der Waals surface area contributed by atoms with Crippen molar-refractivity contribution in [3.63, 3.8) is 0 Å². The third kappa shape index (κ3) is 7.16. The average Bonchev–Trinajstić information content (AvgIpc) is 2.89. The minimum atomic E-state index is -3.86. The topological polar surface area (TPSA) is 113 Å². The molecule has 0 spiro atoms. The Morgan fingerprint density at radius 2 is 1.53 bits per heavy atom. The van der Waals surface area contributed by atoms with Crippen LogP contribution in [-0.2, 0) is 26.0 Å². The number of nitrogens with zero attached hydrogens (tertiary/aromatic N) is 1. The van der Waals surface area contributed by atoms with Gasteiger partial charge in [0.25, 0.3) is 5.91 Å². The van der Waals surface area contributed by atoms with Crippen molar-refractivity contribution in [3.8, 4) is 0 Å². The molecule has 194 valence electrons. The molecule has 3 amide bonds. The van der Waals surface area contributed by atoms with Crippen LogP contribution in [0.3, 0.4) is 0 Å². The van der Waals surface area contributed by atoms with E-state index in [4.69, 9.17) is 0 Å². The average molecular weight is 514 g/mol. The molecular weight excluding hydrogens is 478 g/mol. The Morgan fingerprint density at radius 1 is 0.917 bits per heavy atom. The van der Waals surface area contributed by atoms with E-state index in [1.165, 1.54) is 4.90 Å². The number of nitrogens with one attached hydrogen (secondary N) is 2. The standard InChI is InChI=1S/C27H35N3O5S/c1-3-30(4-2)27(33)24(26(32)29-36(34,35)23-13-9-6-10-14-23)19-20-15-17-22(18-16-20)28-25(31)21-11-7-5-8-12-21/h5,7-8,11-12,15-18,23-24H,3-4,6,9-10,13-14,19H2,1-2H3,(H,28,31)(H,29,32). The molecule has 0 aliphatic heterocycles. The van der Waals surface area contributed by atoms with Crippen LogP contribution >= 0.6 is 0 Å². The van der Waals surface area contributed by atoms with E-state index in [2.05, 4.69) is 10.0 Å². The number of rotatable bonds is 10. The lowest BCUT2D eigenvalue weighted by Gasteiger charge is -2.26. The minimum absolute atomic E-state index is 0.0499. The second-order valence-electron chi connectivity index (χ2n) is 9.06. The number of hydrogen-bond donors (Lipinski definition) is 2. The van der Waals surface area contributed by atoms with E-state index in [1.54, 1.807) is 48.5 Å². The van der Waals surface area contributed by atoms with Gasteiger partial charge in [-0.05, 0) is 62.9 Å². The van der Waals surface area contributed by atoms with Crippen LogP contribution in [0.5, 0.6) is 0 Å². The third-order valence-corrected chi connectivity index (χ3v) is 8.45. The first-order valence-corrected chi connectivity index (χ1v) is 14.1. The molecule has 2 N–H and O–H groups in total. The molecule has 1 aliphatic carbocycles. The second kappa shape index (κ2) is 12.7. The number of amides is 3. The van der Waals surface area contributed by atoms with Crippen molar-refractivity contribution < 1.29 is 22.8 Å². The molecule has 0 saturated heterocycles. The molecule has 0 aromatic heterocycles. The highest BCUT2D eigenvalue weighted by molar-refractivity contribution is 7.90. The van der Waals surface area contributed by atoms with Crippen molar-refractivity contribution in [1.82, 2.24) is 9.62 Å². The summed E-state index contributed by atoms with van der Waals surface area (Å²) in [5.41, 5.74) is 1.79. The molecule has 2 aromatic rings. The number of carbonyl (C=O) groups excluding carboxylic acids is 3. The van der Waals surface area contributed by atoms with Gasteiger partial charge in [-0.3, -0.25) is 19.1 Å². The molecule has 3 rings (SSSR count). The van der Waals surface area contributed by atoms with E-state index < -0.39 is 33.0 Å². The van der Waals surface area contributed by atoms with Crippen molar-refractivity contribution in [2.75, 3.05) is 18.4 Å². The predicted octanol–water partition coefficient (Wildman–Crippen LogP) is 3.74. The number of benzene rings is 2. The Bertz CT molecular complexity index is 1140. The van der Waals surface area contributed by atoms with Crippen LogP contribution in [0.15, 0.2) is 54.6 Å². The van der Waals surface area contributed by atoms with Crippen molar-refractivity contribution >= 4 is 33.4 Å². The summed E-state index contributed by atoms with van der Waals surface area (Å²) < 4.78 is 27.9. The van der Waals surface area contributed by atoms with Gasteiger partial charge in [0.05, 0.1) is 5.25 Å². The quantitative estimate of drug-likeness (QED) is 0.470. The maximum atomic E-state index is 13.2. The fourth-order valence-electron chi connectivity index (χ4n) is 4.47. The molecule has 1 unspecified atom stereocenters. The van der Waals surface area contributed by atoms with Gasteiger partial charge in [-0.25, -0.2) is 8.42 Å². The van der Waals surface area contributed by atoms with E-state index in [0.717, 1.165) is 19.3 Å². The highest BCUT2D eigenvalue weighted by Crippen LogP contribution is 2.24. The van der Waals surface area contributed by atoms with Gasteiger partial charge in [0, 0.05) is 24.3 Å². The summed E-state index contributed by atoms with van der Waals surface area (Å²) in [6.45, 7) is 4.47. The Hall–Kier alpha value is -3.20. The second-order valence-corrected chi connectivity index (χ2v) is 11.0. The van der Waals surface area contributed by atoms with Crippen molar-refractivity contribution in [2.45, 2.75) is 57.6 Å². The third-order valence-electron chi connectivity index (χ3n) is 6.61. The van der Waals surface area contributed by atoms with Gasteiger partial charge in [-0.2, -0.15) is 0 Å². The van der Waals surface area contributed by atoms with Crippen LogP contribution in [0.1, 0.15) is 61.9 Å². The number of sulfonamides is 1. The molecule has 36 heavy (non-hydrogen) atoms. The van der Waals surface area contributed by atoms with Crippen LogP contribution < -0.4 is 10.0 Å². The fraction of sp³-hybridized carbons (Fsp3) is 0.444. The van der Waals surface area contributed by atoms with E-state index in [9.17, 15) is 22.8 Å². The summed E-state index contributed by atoms with van der Waals surface area (Å²) in [7, 11) is -3.86. The molecule has 1 aliphatic rings. The maximum Gasteiger partial charge on any atom is 0.255 e. The predicted molar refractivity (Wildman–Crippen MR) is 140 cm³/mol. The van der Waals surface area contributed by atoms with E-state index >= 15 is 0 Å². The zero-order chi connectivity index (χ0) is 26.1. The Kier molecular flexibility index (Phi) is 9.64. The molecule has 1 atom stereocenters. The first-order valence-electron chi connectivity index (χ1n) is 12.5. The monoisotopic (exact) mass is 513 g/mol. The summed E-state index contributed by atoms with van der Waals surface area (Å²) in [5, 5.41) is 2.21. The smallest absolute Gasteiger partial charge is 0.255 e. The van der Waals surface area contributed by atoms with Gasteiger partial charge < -0.3 is 10.2 Å². The SMILES string of the molecule is CCN(CC)C(=O)C(Cc1ccc(NC(=O)c2ccccc2)cc1)C(=O)NS(=O)(=O)C1CCCCC1. The van der Waals surface area contributed by atoms with E-state index in [0.29, 0.717) is 42.7 Å². The lowest BCUT2D eigenvalue weighted by atomic mass is 9.97. The van der Waals surface area contributed by atoms with Crippen LogP contribution in [0.2, 0.25) is 0 Å². The fourth-order valence-corrected chi connectivity index (χ4v) is 6.01. The molecule has 1 fully saturated rings. The molecule has 1 saturated carbocycles. The Balaban J connectivity index is 1.74. The first kappa shape index (κ1) is 27.4. The van der Waals surface area contributed by atoms with Crippen molar-refractivity contribution in [1.29, 1.82) is 0 Å². The summed E-state index contributed by atoms with van der Waals surface area (Å²) in [4.78, 5) is 40.3. The largest absolute Gasteiger partial charge is 0.343 e. The molecule has 9 heteroatoms. The van der Waals surface area contributed by atoms with Gasteiger partial charge in [-0.15, -0.1) is 0 Å². The molecular formula is C27H35N3O5S. The van der Waals surface area contributed by atoms with Gasteiger partial charge >= 0.3 is 0 Å². The number of hydrogen-bond acceptors (Lipinski definition) is 5. The minimum Gasteiger partial charge on any atom is -0.343 e. The summed E-state index contributed by atoms with van der Waals surface area (Å²) in [5.74, 6) is -2.62. The highest BCUT2D eigenvalue weighted by atomic mass is 32.2. The van der Waals surface area contributed by atoms with E-state index in [1.807, 2.05) is 19.9 Å². The molecule has 0 radical (unpaired) electrons. The first-order chi connectivity index (χ1) is 17.2. The Labute approximate surface area is 213 Å². The van der Waals surface area contributed by atoms with Crippen LogP contribution in [0.4, 0.5) is 5.69 Å². The summed E-state index contributed by atoms with van der Waals surface area (Å²) in [6, 6.07) is 15.7. The van der Waals surface area contributed by atoms with Gasteiger partial charge in [-0.1, -0.05) is 49.6 Å². The van der Waals surface area contributed by atoms with Crippen LogP contribution in [-0.4, -0.2) is 49.4 Å². The van der Waals surface area contributed by atoms with Crippen molar-refractivity contribution in [3.05, 3.63) is 65.7 Å².